The zero-order valence-corrected chi connectivity index (χ0v) is 8.59. The minimum atomic E-state index is 0.624. The van der Waals surface area contributed by atoms with E-state index >= 15 is 0 Å². The first-order valence-corrected chi connectivity index (χ1v) is 5.65. The summed E-state index contributed by atoms with van der Waals surface area (Å²) in [6.45, 7) is 1.91. The zero-order chi connectivity index (χ0) is 9.10. The van der Waals surface area contributed by atoms with E-state index in [0.29, 0.717) is 6.04 Å². The van der Waals surface area contributed by atoms with Crippen LogP contribution in [0.5, 0.6) is 0 Å². The van der Waals surface area contributed by atoms with Gasteiger partial charge in [-0.1, -0.05) is 12.8 Å². The number of hydrogen-bond acceptors (Lipinski definition) is 2. The lowest BCUT2D eigenvalue weighted by Gasteiger charge is -2.15. The quantitative estimate of drug-likeness (QED) is 0.608. The number of nitrogens with one attached hydrogen (secondary N) is 1. The molecule has 0 spiro atoms. The van der Waals surface area contributed by atoms with E-state index in [1.54, 1.807) is 0 Å². The van der Waals surface area contributed by atoms with Gasteiger partial charge in [-0.2, -0.15) is 0 Å². The van der Waals surface area contributed by atoms with Gasteiger partial charge in [0.2, 0.25) is 0 Å². The van der Waals surface area contributed by atoms with Crippen LogP contribution in [0, 0.1) is 11.8 Å². The molecule has 76 valence electrons. The van der Waals surface area contributed by atoms with Gasteiger partial charge >= 0.3 is 0 Å². The summed E-state index contributed by atoms with van der Waals surface area (Å²) in [5.41, 5.74) is 0. The third kappa shape index (κ3) is 3.28. The second-order valence-corrected chi connectivity index (χ2v) is 4.54. The molecule has 0 aromatic rings. The fourth-order valence-electron chi connectivity index (χ4n) is 1.82. The molecule has 0 amide bonds. The molecule has 2 fully saturated rings. The normalized spacial score (nSPS) is 24.7. The number of hydrogen-bond donors (Lipinski definition) is 1. The number of likely N-dealkylation sites (N-methyl/N-ethyl adjacent to an activating group) is 1. The summed E-state index contributed by atoms with van der Waals surface area (Å²) >= 11 is 0. The fraction of sp³-hybridized carbons (Fsp3) is 1.00. The summed E-state index contributed by atoms with van der Waals surface area (Å²) in [4.78, 5) is 0. The maximum absolute atomic E-state index is 5.68. The predicted octanol–water partition coefficient (Wildman–Crippen LogP) is 1.80. The molecule has 2 heteroatoms. The van der Waals surface area contributed by atoms with Crippen molar-refractivity contribution < 1.29 is 4.74 Å². The van der Waals surface area contributed by atoms with Crippen LogP contribution in [0.4, 0.5) is 0 Å². The first-order chi connectivity index (χ1) is 6.40. The lowest BCUT2D eigenvalue weighted by Crippen LogP contribution is -2.32. The molecular formula is C11H21NO. The van der Waals surface area contributed by atoms with E-state index in [4.69, 9.17) is 4.74 Å². The summed E-state index contributed by atoms with van der Waals surface area (Å²) in [7, 11) is 2.05. The third-order valence-electron chi connectivity index (χ3n) is 3.23. The van der Waals surface area contributed by atoms with E-state index < -0.39 is 0 Å². The maximum Gasteiger partial charge on any atom is 0.0622 e. The van der Waals surface area contributed by atoms with Crippen molar-refractivity contribution in [1.82, 2.24) is 5.32 Å². The Kier molecular flexibility index (Phi) is 3.23. The molecule has 2 rings (SSSR count). The summed E-state index contributed by atoms with van der Waals surface area (Å²) in [5.74, 6) is 1.92. The van der Waals surface area contributed by atoms with Gasteiger partial charge in [0.1, 0.15) is 0 Å². The van der Waals surface area contributed by atoms with E-state index in [2.05, 4.69) is 5.32 Å². The first kappa shape index (κ1) is 9.47. The highest BCUT2D eigenvalue weighted by atomic mass is 16.5. The molecule has 13 heavy (non-hydrogen) atoms. The van der Waals surface area contributed by atoms with Gasteiger partial charge in [-0.15, -0.1) is 0 Å². The highest BCUT2D eigenvalue weighted by Gasteiger charge is 2.30. The van der Waals surface area contributed by atoms with Gasteiger partial charge in [0.15, 0.2) is 0 Å². The Bertz CT molecular complexity index is 152. The molecular weight excluding hydrogens is 162 g/mol. The Labute approximate surface area is 81.0 Å². The maximum atomic E-state index is 5.68. The minimum Gasteiger partial charge on any atom is -0.380 e. The molecule has 2 saturated carbocycles. The van der Waals surface area contributed by atoms with Crippen molar-refractivity contribution >= 4 is 0 Å². The highest BCUT2D eigenvalue weighted by molar-refractivity contribution is 4.85. The van der Waals surface area contributed by atoms with Crippen molar-refractivity contribution in [2.24, 2.45) is 11.8 Å². The van der Waals surface area contributed by atoms with E-state index in [1.807, 2.05) is 7.05 Å². The lowest BCUT2D eigenvalue weighted by atomic mass is 10.2. The molecule has 0 bridgehead atoms. The molecule has 0 aromatic carbocycles. The van der Waals surface area contributed by atoms with E-state index in [0.717, 1.165) is 25.0 Å². The van der Waals surface area contributed by atoms with Crippen molar-refractivity contribution in [3.8, 4) is 0 Å². The lowest BCUT2D eigenvalue weighted by molar-refractivity contribution is 0.103. The molecule has 0 heterocycles. The summed E-state index contributed by atoms with van der Waals surface area (Å²) in [5, 5.41) is 3.34. The van der Waals surface area contributed by atoms with E-state index in [9.17, 15) is 0 Å². The molecule has 2 aliphatic carbocycles. The average Bonchev–Trinajstić information content (AvgIpc) is 2.99. The molecule has 0 aliphatic heterocycles. The Morgan fingerprint density at radius 1 is 1.31 bits per heavy atom. The van der Waals surface area contributed by atoms with Crippen LogP contribution in [-0.2, 0) is 4.74 Å². The van der Waals surface area contributed by atoms with Gasteiger partial charge in [-0.25, -0.2) is 0 Å². The van der Waals surface area contributed by atoms with E-state index in [1.165, 1.54) is 32.1 Å². The van der Waals surface area contributed by atoms with Gasteiger partial charge < -0.3 is 10.1 Å². The highest BCUT2D eigenvalue weighted by Crippen LogP contribution is 2.33. The number of rotatable bonds is 7. The zero-order valence-electron chi connectivity index (χ0n) is 8.59. The van der Waals surface area contributed by atoms with Crippen LogP contribution in [0.2, 0.25) is 0 Å². The van der Waals surface area contributed by atoms with Crippen molar-refractivity contribution in [2.45, 2.75) is 38.1 Å². The number of ether oxygens (including phenoxy) is 1. The molecule has 0 radical (unpaired) electrons. The smallest absolute Gasteiger partial charge is 0.0622 e. The van der Waals surface area contributed by atoms with Crippen molar-refractivity contribution in [3.05, 3.63) is 0 Å². The standard InChI is InChI=1S/C11H21NO/c1-12-11(10-4-5-10)8-13-7-6-9-2-3-9/h9-12H,2-8H2,1H3. The van der Waals surface area contributed by atoms with Crippen LogP contribution in [0.15, 0.2) is 0 Å². The molecule has 2 nitrogen and oxygen atoms in total. The van der Waals surface area contributed by atoms with Gasteiger partial charge in [-0.3, -0.25) is 0 Å². The molecule has 0 saturated heterocycles. The predicted molar refractivity (Wildman–Crippen MR) is 53.7 cm³/mol. The average molecular weight is 183 g/mol. The summed E-state index contributed by atoms with van der Waals surface area (Å²) in [6, 6.07) is 0.624. The second-order valence-electron chi connectivity index (χ2n) is 4.54. The van der Waals surface area contributed by atoms with Crippen molar-refractivity contribution in [3.63, 3.8) is 0 Å². The topological polar surface area (TPSA) is 21.3 Å². The Morgan fingerprint density at radius 2 is 2.08 bits per heavy atom. The Hall–Kier alpha value is -0.0800. The van der Waals surface area contributed by atoms with Crippen molar-refractivity contribution in [1.29, 1.82) is 0 Å². The SMILES string of the molecule is CNC(COCCC1CC1)C1CC1. The first-order valence-electron chi connectivity index (χ1n) is 5.65. The van der Waals surface area contributed by atoms with Crippen LogP contribution >= 0.6 is 0 Å². The van der Waals surface area contributed by atoms with Crippen LogP contribution in [0.25, 0.3) is 0 Å². The molecule has 0 aromatic heterocycles. The van der Waals surface area contributed by atoms with E-state index in [-0.39, 0.29) is 0 Å². The van der Waals surface area contributed by atoms with Crippen LogP contribution < -0.4 is 5.32 Å². The summed E-state index contributed by atoms with van der Waals surface area (Å²) < 4.78 is 5.68. The van der Waals surface area contributed by atoms with Gasteiger partial charge in [-0.05, 0) is 38.1 Å². The minimum absolute atomic E-state index is 0.624. The molecule has 1 unspecified atom stereocenters. The van der Waals surface area contributed by atoms with Gasteiger partial charge in [0, 0.05) is 12.6 Å². The largest absolute Gasteiger partial charge is 0.380 e. The second kappa shape index (κ2) is 4.43. The Balaban J connectivity index is 1.49. The van der Waals surface area contributed by atoms with Crippen LogP contribution in [0.3, 0.4) is 0 Å². The Morgan fingerprint density at radius 3 is 2.62 bits per heavy atom. The fourth-order valence-corrected chi connectivity index (χ4v) is 1.82. The molecule has 1 N–H and O–H groups in total. The van der Waals surface area contributed by atoms with Crippen LogP contribution in [0.1, 0.15) is 32.1 Å². The molecule has 2 aliphatic rings. The molecule has 1 atom stereocenters. The third-order valence-corrected chi connectivity index (χ3v) is 3.23. The monoisotopic (exact) mass is 183 g/mol. The van der Waals surface area contributed by atoms with Crippen LogP contribution in [-0.4, -0.2) is 26.3 Å². The summed E-state index contributed by atoms with van der Waals surface area (Å²) in [6.07, 6.45) is 6.99. The van der Waals surface area contributed by atoms with Gasteiger partial charge in [0.05, 0.1) is 6.61 Å². The van der Waals surface area contributed by atoms with Crippen molar-refractivity contribution in [2.75, 3.05) is 20.3 Å². The van der Waals surface area contributed by atoms with Gasteiger partial charge in [0.25, 0.3) is 0 Å².